The number of benzene rings is 2. The number of urea groups is 1. The van der Waals surface area contributed by atoms with Crippen LogP contribution in [0.4, 0.5) is 10.5 Å². The topological polar surface area (TPSA) is 57.6 Å². The first kappa shape index (κ1) is 21.5. The Labute approximate surface area is 194 Å². The Morgan fingerprint density at radius 1 is 0.939 bits per heavy atom. The molecule has 1 fully saturated rings. The number of nitrogens with one attached hydrogen (secondary N) is 1. The summed E-state index contributed by atoms with van der Waals surface area (Å²) in [5, 5.41) is 3.00. The minimum atomic E-state index is -0.0686. The molecule has 33 heavy (non-hydrogen) atoms. The van der Waals surface area contributed by atoms with Crippen LogP contribution in [0.5, 0.6) is 0 Å². The minimum Gasteiger partial charge on any atom is -0.324 e. The number of likely N-dealkylation sites (tertiary alicyclic amines) is 1. The highest BCUT2D eigenvalue weighted by Gasteiger charge is 2.36. The summed E-state index contributed by atoms with van der Waals surface area (Å²) in [6.07, 6.45) is 1.02. The third-order valence-corrected chi connectivity index (χ3v) is 6.71. The first-order chi connectivity index (χ1) is 16.0. The molecule has 2 unspecified atom stereocenters. The van der Waals surface area contributed by atoms with E-state index in [9.17, 15) is 9.59 Å². The number of para-hydroxylation sites is 1. The lowest BCUT2D eigenvalue weighted by atomic mass is 9.83. The summed E-state index contributed by atoms with van der Waals surface area (Å²) >= 11 is 0. The number of aromatic nitrogens is 1. The fourth-order valence-electron chi connectivity index (χ4n) is 5.30. The van der Waals surface area contributed by atoms with Crippen molar-refractivity contribution < 1.29 is 4.79 Å². The van der Waals surface area contributed by atoms with Gasteiger partial charge in [-0.25, -0.2) is 4.79 Å². The molecule has 3 heterocycles. The van der Waals surface area contributed by atoms with Crippen molar-refractivity contribution in [2.24, 2.45) is 5.92 Å². The molecule has 3 aromatic rings. The van der Waals surface area contributed by atoms with Crippen LogP contribution in [-0.4, -0.2) is 47.6 Å². The van der Waals surface area contributed by atoms with E-state index in [1.165, 1.54) is 0 Å². The van der Waals surface area contributed by atoms with Gasteiger partial charge in [-0.15, -0.1) is 0 Å². The number of carbonyl (C=O) groups is 1. The zero-order chi connectivity index (χ0) is 22.9. The summed E-state index contributed by atoms with van der Waals surface area (Å²) in [6, 6.07) is 21.7. The molecule has 2 aromatic carbocycles. The molecule has 6 nitrogen and oxygen atoms in total. The normalized spacial score (nSPS) is 19.3. The first-order valence-corrected chi connectivity index (χ1v) is 11.6. The predicted octanol–water partition coefficient (Wildman–Crippen LogP) is 4.23. The number of rotatable bonds is 4. The number of hydrogen-bond donors (Lipinski definition) is 1. The molecule has 0 aliphatic carbocycles. The Kier molecular flexibility index (Phi) is 5.77. The Bertz CT molecular complexity index is 1220. The van der Waals surface area contributed by atoms with Gasteiger partial charge in [-0.1, -0.05) is 42.5 Å². The summed E-state index contributed by atoms with van der Waals surface area (Å²) in [5.74, 6) is 0.459. The van der Waals surface area contributed by atoms with E-state index in [0.717, 1.165) is 41.0 Å². The quantitative estimate of drug-likeness (QED) is 0.658. The van der Waals surface area contributed by atoms with Crippen molar-refractivity contribution in [1.82, 2.24) is 14.4 Å². The van der Waals surface area contributed by atoms with Crippen molar-refractivity contribution in [3.8, 4) is 11.1 Å². The van der Waals surface area contributed by atoms with Gasteiger partial charge in [0.2, 0.25) is 0 Å². The van der Waals surface area contributed by atoms with Gasteiger partial charge in [-0.05, 0) is 61.8 Å². The maximum atomic E-state index is 13.6. The van der Waals surface area contributed by atoms with Crippen molar-refractivity contribution in [3.63, 3.8) is 0 Å². The van der Waals surface area contributed by atoms with Gasteiger partial charge in [0, 0.05) is 49.0 Å². The van der Waals surface area contributed by atoms with E-state index in [2.05, 4.69) is 22.3 Å². The molecule has 1 aromatic heterocycles. The molecule has 5 rings (SSSR count). The largest absolute Gasteiger partial charge is 0.324 e. The van der Waals surface area contributed by atoms with Crippen molar-refractivity contribution in [3.05, 3.63) is 88.3 Å². The van der Waals surface area contributed by atoms with Crippen molar-refractivity contribution >= 4 is 11.7 Å². The standard InChI is InChI=1S/C27H30N4O2/c1-29(2)17-20-8-6-7-11-23(20)24-12-13-25-21-14-19(16-31(25)26(24)32)15-30(18-21)27(33)28-22-9-4-3-5-10-22/h3-13,19,21H,14-18H2,1-2H3,(H,28,33). The Balaban J connectivity index is 1.42. The van der Waals surface area contributed by atoms with E-state index in [-0.39, 0.29) is 23.4 Å². The van der Waals surface area contributed by atoms with Gasteiger partial charge < -0.3 is 19.7 Å². The molecule has 0 spiro atoms. The van der Waals surface area contributed by atoms with Gasteiger partial charge in [0.15, 0.2) is 0 Å². The first-order valence-electron chi connectivity index (χ1n) is 11.6. The molecule has 170 valence electrons. The van der Waals surface area contributed by atoms with Crippen LogP contribution in [0.1, 0.15) is 23.6 Å². The number of carbonyl (C=O) groups excluding carboxylic acids is 1. The average Bonchev–Trinajstić information content (AvgIpc) is 2.80. The van der Waals surface area contributed by atoms with Crippen LogP contribution in [0.25, 0.3) is 11.1 Å². The lowest BCUT2D eigenvalue weighted by Crippen LogP contribution is -2.50. The van der Waals surface area contributed by atoms with Gasteiger partial charge in [0.25, 0.3) is 5.56 Å². The molecule has 0 saturated carbocycles. The molecule has 2 bridgehead atoms. The van der Waals surface area contributed by atoms with Crippen LogP contribution >= 0.6 is 0 Å². The van der Waals surface area contributed by atoms with Crippen molar-refractivity contribution in [2.45, 2.75) is 25.4 Å². The Morgan fingerprint density at radius 3 is 2.48 bits per heavy atom. The summed E-state index contributed by atoms with van der Waals surface area (Å²) in [4.78, 5) is 30.5. The van der Waals surface area contributed by atoms with Gasteiger partial charge in [-0.2, -0.15) is 0 Å². The highest BCUT2D eigenvalue weighted by Crippen LogP contribution is 2.36. The summed E-state index contributed by atoms with van der Waals surface area (Å²) in [6.45, 7) is 2.74. The van der Waals surface area contributed by atoms with Gasteiger partial charge in [0.1, 0.15) is 0 Å². The number of nitrogens with zero attached hydrogens (tertiary/aromatic N) is 3. The van der Waals surface area contributed by atoms with E-state index in [4.69, 9.17) is 0 Å². The van der Waals surface area contributed by atoms with E-state index in [1.807, 2.05) is 78.2 Å². The lowest BCUT2D eigenvalue weighted by Gasteiger charge is -2.42. The number of anilines is 1. The second-order valence-corrected chi connectivity index (χ2v) is 9.48. The summed E-state index contributed by atoms with van der Waals surface area (Å²) in [7, 11) is 4.08. The summed E-state index contributed by atoms with van der Waals surface area (Å²) < 4.78 is 1.97. The number of amides is 2. The van der Waals surface area contributed by atoms with Gasteiger partial charge in [-0.3, -0.25) is 4.79 Å². The average molecular weight is 443 g/mol. The minimum absolute atomic E-state index is 0.0686. The highest BCUT2D eigenvalue weighted by molar-refractivity contribution is 5.89. The van der Waals surface area contributed by atoms with E-state index in [1.54, 1.807) is 0 Å². The predicted molar refractivity (Wildman–Crippen MR) is 131 cm³/mol. The van der Waals surface area contributed by atoms with Crippen LogP contribution in [0.15, 0.2) is 71.5 Å². The Hall–Kier alpha value is -3.38. The van der Waals surface area contributed by atoms with Crippen LogP contribution in [-0.2, 0) is 13.1 Å². The van der Waals surface area contributed by atoms with Crippen LogP contribution in [0.3, 0.4) is 0 Å². The molecule has 6 heteroatoms. The number of hydrogen-bond acceptors (Lipinski definition) is 3. The third-order valence-electron chi connectivity index (χ3n) is 6.71. The fraction of sp³-hybridized carbons (Fsp3) is 0.333. The maximum Gasteiger partial charge on any atom is 0.321 e. The van der Waals surface area contributed by atoms with Crippen LogP contribution in [0.2, 0.25) is 0 Å². The number of pyridine rings is 1. The molecule has 2 aliphatic heterocycles. The molecule has 0 radical (unpaired) electrons. The smallest absolute Gasteiger partial charge is 0.321 e. The number of fused-ring (bicyclic) bond motifs is 4. The van der Waals surface area contributed by atoms with Gasteiger partial charge >= 0.3 is 6.03 Å². The molecular formula is C27H30N4O2. The highest BCUT2D eigenvalue weighted by atomic mass is 16.2. The second-order valence-electron chi connectivity index (χ2n) is 9.48. The van der Waals surface area contributed by atoms with Crippen molar-refractivity contribution in [2.75, 3.05) is 32.5 Å². The summed E-state index contributed by atoms with van der Waals surface area (Å²) in [5.41, 5.74) is 4.84. The molecule has 1 N–H and O–H groups in total. The van der Waals surface area contributed by atoms with E-state index >= 15 is 0 Å². The molecule has 2 aliphatic rings. The van der Waals surface area contributed by atoms with E-state index < -0.39 is 0 Å². The van der Waals surface area contributed by atoms with Crippen LogP contribution in [0, 0.1) is 5.92 Å². The Morgan fingerprint density at radius 2 is 1.70 bits per heavy atom. The van der Waals surface area contributed by atoms with Crippen molar-refractivity contribution in [1.29, 1.82) is 0 Å². The zero-order valence-electron chi connectivity index (χ0n) is 19.2. The number of piperidine rings is 1. The molecular weight excluding hydrogens is 412 g/mol. The van der Waals surface area contributed by atoms with Crippen LogP contribution < -0.4 is 10.9 Å². The molecule has 1 saturated heterocycles. The third kappa shape index (κ3) is 4.31. The maximum absolute atomic E-state index is 13.6. The second kappa shape index (κ2) is 8.87. The van der Waals surface area contributed by atoms with E-state index in [0.29, 0.717) is 19.6 Å². The van der Waals surface area contributed by atoms with Gasteiger partial charge in [0.05, 0.1) is 0 Å². The lowest BCUT2D eigenvalue weighted by molar-refractivity contribution is 0.139. The SMILES string of the molecule is CN(C)Cc1ccccc1-c1ccc2n(c1=O)CC1CC2CN(C(=O)Nc2ccccc2)C1. The molecule has 2 atom stereocenters. The fourth-order valence-corrected chi connectivity index (χ4v) is 5.30. The monoisotopic (exact) mass is 442 g/mol. The zero-order valence-corrected chi connectivity index (χ0v) is 19.2. The molecule has 2 amide bonds.